The van der Waals surface area contributed by atoms with Crippen molar-refractivity contribution in [2.24, 2.45) is 5.92 Å². The number of hydrogen-bond donors (Lipinski definition) is 1. The van der Waals surface area contributed by atoms with Gasteiger partial charge in [-0.05, 0) is 50.2 Å². The Hall–Kier alpha value is -2.16. The third kappa shape index (κ3) is 3.14. The molecule has 1 unspecified atom stereocenters. The van der Waals surface area contributed by atoms with Crippen LogP contribution in [0.4, 0.5) is 14.5 Å². The number of amides is 1. The summed E-state index contributed by atoms with van der Waals surface area (Å²) >= 11 is 0. The van der Waals surface area contributed by atoms with Crippen LogP contribution in [0.5, 0.6) is 0 Å². The van der Waals surface area contributed by atoms with Crippen molar-refractivity contribution in [2.75, 3.05) is 18.0 Å². The fraction of sp³-hybridized carbons (Fsp3) is 0.529. The maximum absolute atomic E-state index is 14.1. The predicted molar refractivity (Wildman–Crippen MR) is 81.8 cm³/mol. The molecule has 1 saturated carbocycles. The molecule has 1 N–H and O–H groups in total. The molecule has 1 amide bonds. The summed E-state index contributed by atoms with van der Waals surface area (Å²) in [7, 11) is 0. The lowest BCUT2D eigenvalue weighted by Crippen LogP contribution is -2.51. The zero-order chi connectivity index (χ0) is 16.6. The number of carbonyl (C=O) groups excluding carboxylic acids is 1. The van der Waals surface area contributed by atoms with E-state index in [2.05, 4.69) is 11.4 Å². The van der Waals surface area contributed by atoms with Crippen molar-refractivity contribution >= 4 is 11.6 Å². The molecule has 4 nitrogen and oxygen atoms in total. The molecule has 1 aromatic rings. The highest BCUT2D eigenvalue weighted by atomic mass is 19.1. The van der Waals surface area contributed by atoms with Crippen LogP contribution in [0, 0.1) is 28.9 Å². The summed E-state index contributed by atoms with van der Waals surface area (Å²) in [5.74, 6) is -1.36. The Morgan fingerprint density at radius 1 is 1.48 bits per heavy atom. The molecule has 0 radical (unpaired) electrons. The molecule has 1 aliphatic carbocycles. The van der Waals surface area contributed by atoms with Crippen LogP contribution in [0.1, 0.15) is 31.7 Å². The summed E-state index contributed by atoms with van der Waals surface area (Å²) < 4.78 is 27.4. The fourth-order valence-electron chi connectivity index (χ4n) is 3.28. The number of nitriles is 1. The van der Waals surface area contributed by atoms with Crippen LogP contribution in [-0.4, -0.2) is 24.5 Å². The van der Waals surface area contributed by atoms with Crippen molar-refractivity contribution in [2.45, 2.75) is 38.1 Å². The first-order valence-electron chi connectivity index (χ1n) is 7.88. The van der Waals surface area contributed by atoms with Crippen LogP contribution in [0.25, 0.3) is 0 Å². The highest BCUT2D eigenvalue weighted by molar-refractivity contribution is 5.83. The highest BCUT2D eigenvalue weighted by Crippen LogP contribution is 2.39. The number of benzene rings is 1. The molecule has 0 spiro atoms. The smallest absolute Gasteiger partial charge is 0.240 e. The SMILES string of the molecule is CC(C#N)(NC(=O)CN1CCCc2cc(F)cc(F)c21)C1CC1. The number of carbonyl (C=O) groups is 1. The fourth-order valence-corrected chi connectivity index (χ4v) is 3.28. The number of fused-ring (bicyclic) bond motifs is 1. The lowest BCUT2D eigenvalue weighted by Gasteiger charge is -2.32. The number of aryl methyl sites for hydroxylation is 1. The van der Waals surface area contributed by atoms with Crippen LogP contribution in [0.15, 0.2) is 12.1 Å². The van der Waals surface area contributed by atoms with Crippen LogP contribution in [0.2, 0.25) is 0 Å². The molecule has 0 aromatic heterocycles. The molecule has 1 aromatic carbocycles. The third-order valence-corrected chi connectivity index (χ3v) is 4.66. The molecule has 0 bridgehead atoms. The Labute approximate surface area is 134 Å². The zero-order valence-electron chi connectivity index (χ0n) is 13.0. The summed E-state index contributed by atoms with van der Waals surface area (Å²) in [4.78, 5) is 13.9. The van der Waals surface area contributed by atoms with Gasteiger partial charge in [-0.1, -0.05) is 0 Å². The molecule has 2 aliphatic rings. The van der Waals surface area contributed by atoms with E-state index in [1.165, 1.54) is 6.07 Å². The van der Waals surface area contributed by atoms with E-state index in [0.717, 1.165) is 25.3 Å². The molecule has 1 fully saturated rings. The molecule has 1 aliphatic heterocycles. The average molecular weight is 319 g/mol. The maximum atomic E-state index is 14.1. The van der Waals surface area contributed by atoms with E-state index in [-0.39, 0.29) is 18.4 Å². The maximum Gasteiger partial charge on any atom is 0.240 e. The minimum absolute atomic E-state index is 0.0282. The number of hydrogen-bond acceptors (Lipinski definition) is 3. The molecule has 1 heterocycles. The Kier molecular flexibility index (Phi) is 3.97. The number of halogens is 2. The first kappa shape index (κ1) is 15.7. The van der Waals surface area contributed by atoms with Gasteiger partial charge in [0.05, 0.1) is 18.3 Å². The average Bonchev–Trinajstić information content (AvgIpc) is 3.31. The van der Waals surface area contributed by atoms with E-state index in [0.29, 0.717) is 24.2 Å². The molecule has 3 rings (SSSR count). The van der Waals surface area contributed by atoms with Gasteiger partial charge in [-0.3, -0.25) is 4.79 Å². The first-order chi connectivity index (χ1) is 10.9. The van der Waals surface area contributed by atoms with Gasteiger partial charge >= 0.3 is 0 Å². The zero-order valence-corrected chi connectivity index (χ0v) is 13.0. The molecule has 6 heteroatoms. The van der Waals surface area contributed by atoms with Gasteiger partial charge in [-0.25, -0.2) is 8.78 Å². The lowest BCUT2D eigenvalue weighted by atomic mass is 9.97. The van der Waals surface area contributed by atoms with E-state index in [4.69, 9.17) is 0 Å². The van der Waals surface area contributed by atoms with Crippen molar-refractivity contribution < 1.29 is 13.6 Å². The second-order valence-corrected chi connectivity index (χ2v) is 6.56. The van der Waals surface area contributed by atoms with Gasteiger partial charge in [0.25, 0.3) is 0 Å². The summed E-state index contributed by atoms with van der Waals surface area (Å²) in [5, 5.41) is 12.1. The highest BCUT2D eigenvalue weighted by Gasteiger charge is 2.43. The molecule has 1 atom stereocenters. The quantitative estimate of drug-likeness (QED) is 0.928. The van der Waals surface area contributed by atoms with Crippen LogP contribution in [0.3, 0.4) is 0 Å². The molecule has 23 heavy (non-hydrogen) atoms. The minimum atomic E-state index is -0.864. The Morgan fingerprint density at radius 3 is 2.87 bits per heavy atom. The van der Waals surface area contributed by atoms with E-state index in [1.807, 2.05) is 0 Å². The Morgan fingerprint density at radius 2 is 2.22 bits per heavy atom. The summed E-state index contributed by atoms with van der Waals surface area (Å²) in [6, 6.07) is 4.34. The van der Waals surface area contributed by atoms with Gasteiger partial charge in [-0.15, -0.1) is 0 Å². The topological polar surface area (TPSA) is 56.1 Å². The Bertz CT molecular complexity index is 681. The second-order valence-electron chi connectivity index (χ2n) is 6.56. The van der Waals surface area contributed by atoms with Gasteiger partial charge in [0.2, 0.25) is 5.91 Å². The second kappa shape index (κ2) is 5.80. The normalized spacial score (nSPS) is 19.5. The van der Waals surface area contributed by atoms with E-state index in [9.17, 15) is 18.8 Å². The van der Waals surface area contributed by atoms with Crippen LogP contribution < -0.4 is 10.2 Å². The standard InChI is InChI=1S/C17H19F2N3O/c1-17(10-20,12-4-5-12)21-15(23)9-22-6-2-3-11-7-13(18)8-14(19)16(11)22/h7-8,12H,2-6,9H2,1H3,(H,21,23). The Balaban J connectivity index is 1.75. The van der Waals surface area contributed by atoms with E-state index >= 15 is 0 Å². The molecular formula is C17H19F2N3O. The van der Waals surface area contributed by atoms with E-state index in [1.54, 1.807) is 11.8 Å². The van der Waals surface area contributed by atoms with Crippen molar-refractivity contribution in [1.29, 1.82) is 5.26 Å². The third-order valence-electron chi connectivity index (χ3n) is 4.66. The number of nitrogens with zero attached hydrogens (tertiary/aromatic N) is 2. The predicted octanol–water partition coefficient (Wildman–Crippen LogP) is 2.53. The van der Waals surface area contributed by atoms with Gasteiger partial charge in [-0.2, -0.15) is 5.26 Å². The molecular weight excluding hydrogens is 300 g/mol. The van der Waals surface area contributed by atoms with Crippen molar-refractivity contribution in [3.05, 3.63) is 29.3 Å². The molecule has 0 saturated heterocycles. The van der Waals surface area contributed by atoms with Crippen molar-refractivity contribution in [3.63, 3.8) is 0 Å². The minimum Gasteiger partial charge on any atom is -0.360 e. The van der Waals surface area contributed by atoms with Crippen molar-refractivity contribution in [3.8, 4) is 6.07 Å². The van der Waals surface area contributed by atoms with Crippen LogP contribution in [-0.2, 0) is 11.2 Å². The monoisotopic (exact) mass is 319 g/mol. The van der Waals surface area contributed by atoms with Crippen LogP contribution >= 0.6 is 0 Å². The number of rotatable bonds is 4. The van der Waals surface area contributed by atoms with Gasteiger partial charge in [0.15, 0.2) is 0 Å². The largest absolute Gasteiger partial charge is 0.360 e. The van der Waals surface area contributed by atoms with E-state index < -0.39 is 17.2 Å². The summed E-state index contributed by atoms with van der Waals surface area (Å²) in [6.07, 6.45) is 3.21. The number of nitrogens with one attached hydrogen (secondary N) is 1. The van der Waals surface area contributed by atoms with Crippen molar-refractivity contribution in [1.82, 2.24) is 5.32 Å². The van der Waals surface area contributed by atoms with Gasteiger partial charge < -0.3 is 10.2 Å². The van der Waals surface area contributed by atoms with Gasteiger partial charge in [0, 0.05) is 12.6 Å². The number of anilines is 1. The summed E-state index contributed by atoms with van der Waals surface area (Å²) in [6.45, 7) is 2.23. The summed E-state index contributed by atoms with van der Waals surface area (Å²) in [5.41, 5.74) is 0.0292. The van der Waals surface area contributed by atoms with Gasteiger partial charge in [0.1, 0.15) is 17.2 Å². The molecule has 122 valence electrons. The first-order valence-corrected chi connectivity index (χ1v) is 7.88. The lowest BCUT2D eigenvalue weighted by molar-refractivity contribution is -0.121.